The van der Waals surface area contributed by atoms with Crippen LogP contribution < -0.4 is 0 Å². The zero-order valence-electron chi connectivity index (χ0n) is 10.4. The van der Waals surface area contributed by atoms with Gasteiger partial charge in [0.05, 0.1) is 4.92 Å². The van der Waals surface area contributed by atoms with Crippen molar-refractivity contribution in [2.24, 2.45) is 5.92 Å². The van der Waals surface area contributed by atoms with Gasteiger partial charge >= 0.3 is 0 Å². The maximum Gasteiger partial charge on any atom is 0.270 e. The molecular formula is C13H15ClN2O3. The van der Waals surface area contributed by atoms with Crippen molar-refractivity contribution >= 4 is 23.2 Å². The molecule has 0 aliphatic carbocycles. The van der Waals surface area contributed by atoms with Crippen LogP contribution in [0.15, 0.2) is 24.3 Å². The molecule has 1 heterocycles. The third-order valence-corrected chi connectivity index (χ3v) is 3.76. The molecule has 19 heavy (non-hydrogen) atoms. The van der Waals surface area contributed by atoms with Crippen LogP contribution in [-0.4, -0.2) is 34.7 Å². The normalized spacial score (nSPS) is 19.2. The Hall–Kier alpha value is -1.62. The molecule has 1 fully saturated rings. The van der Waals surface area contributed by atoms with Crippen molar-refractivity contribution in [3.05, 3.63) is 39.9 Å². The number of hydrogen-bond donors (Lipinski definition) is 0. The molecule has 1 aliphatic heterocycles. The van der Waals surface area contributed by atoms with E-state index in [9.17, 15) is 14.9 Å². The number of piperidine rings is 1. The fourth-order valence-corrected chi connectivity index (χ4v) is 2.56. The smallest absolute Gasteiger partial charge is 0.270 e. The first-order chi connectivity index (χ1) is 9.11. The summed E-state index contributed by atoms with van der Waals surface area (Å²) in [6.07, 6.45) is 1.96. The first-order valence-corrected chi connectivity index (χ1v) is 6.75. The Morgan fingerprint density at radius 1 is 1.53 bits per heavy atom. The SMILES string of the molecule is O=C(c1cccc([N+](=O)[O-])c1)N1CCCC(CCl)C1. The monoisotopic (exact) mass is 282 g/mol. The Morgan fingerprint density at radius 2 is 2.32 bits per heavy atom. The molecule has 0 bridgehead atoms. The Bertz CT molecular complexity index is 493. The predicted molar refractivity (Wildman–Crippen MR) is 72.4 cm³/mol. The summed E-state index contributed by atoms with van der Waals surface area (Å²) in [5.41, 5.74) is 0.307. The van der Waals surface area contributed by atoms with Gasteiger partial charge in [-0.25, -0.2) is 0 Å². The highest BCUT2D eigenvalue weighted by molar-refractivity contribution is 6.18. The van der Waals surface area contributed by atoms with Crippen LogP contribution in [0.4, 0.5) is 5.69 Å². The van der Waals surface area contributed by atoms with Crippen molar-refractivity contribution < 1.29 is 9.72 Å². The second kappa shape index (κ2) is 6.02. The fraction of sp³-hybridized carbons (Fsp3) is 0.462. The quantitative estimate of drug-likeness (QED) is 0.486. The van der Waals surface area contributed by atoms with E-state index < -0.39 is 4.92 Å². The summed E-state index contributed by atoms with van der Waals surface area (Å²) in [4.78, 5) is 24.3. The Morgan fingerprint density at radius 3 is 3.00 bits per heavy atom. The van der Waals surface area contributed by atoms with Crippen molar-refractivity contribution in [1.29, 1.82) is 0 Å². The number of rotatable bonds is 3. The van der Waals surface area contributed by atoms with Crippen molar-refractivity contribution in [3.8, 4) is 0 Å². The number of halogens is 1. The van der Waals surface area contributed by atoms with Gasteiger partial charge in [-0.1, -0.05) is 6.07 Å². The van der Waals surface area contributed by atoms with Gasteiger partial charge in [-0.15, -0.1) is 11.6 Å². The van der Waals surface area contributed by atoms with Gasteiger partial charge in [-0.2, -0.15) is 0 Å². The first-order valence-electron chi connectivity index (χ1n) is 6.21. The molecule has 0 radical (unpaired) electrons. The zero-order valence-corrected chi connectivity index (χ0v) is 11.2. The van der Waals surface area contributed by atoms with Crippen LogP contribution >= 0.6 is 11.6 Å². The number of benzene rings is 1. The summed E-state index contributed by atoms with van der Waals surface area (Å²) >= 11 is 5.84. The second-order valence-electron chi connectivity index (χ2n) is 4.72. The van der Waals surface area contributed by atoms with Gasteiger partial charge in [0, 0.05) is 36.7 Å². The minimum Gasteiger partial charge on any atom is -0.338 e. The van der Waals surface area contributed by atoms with Gasteiger partial charge < -0.3 is 4.90 Å². The summed E-state index contributed by atoms with van der Waals surface area (Å²) in [5, 5.41) is 10.7. The van der Waals surface area contributed by atoms with E-state index in [1.807, 2.05) is 0 Å². The average Bonchev–Trinajstić information content (AvgIpc) is 2.46. The molecule has 1 aromatic rings. The van der Waals surface area contributed by atoms with Gasteiger partial charge in [0.2, 0.25) is 0 Å². The number of carbonyl (C=O) groups excluding carboxylic acids is 1. The molecule has 102 valence electrons. The lowest BCUT2D eigenvalue weighted by Gasteiger charge is -2.31. The minimum atomic E-state index is -0.492. The van der Waals surface area contributed by atoms with E-state index in [2.05, 4.69) is 0 Å². The summed E-state index contributed by atoms with van der Waals surface area (Å²) in [6.45, 7) is 1.32. The number of nitro benzene ring substituents is 1. The standard InChI is InChI=1S/C13H15ClN2O3/c14-8-10-3-2-6-15(9-10)13(17)11-4-1-5-12(7-11)16(18)19/h1,4-5,7,10H,2-3,6,8-9H2. The number of hydrogen-bond acceptors (Lipinski definition) is 3. The van der Waals surface area contributed by atoms with Crippen LogP contribution in [0.25, 0.3) is 0 Å². The number of likely N-dealkylation sites (tertiary alicyclic amines) is 1. The number of nitrogens with zero attached hydrogens (tertiary/aromatic N) is 2. The highest BCUT2D eigenvalue weighted by Gasteiger charge is 2.24. The summed E-state index contributed by atoms with van der Waals surface area (Å²) in [5.74, 6) is 0.704. The number of alkyl halides is 1. The highest BCUT2D eigenvalue weighted by Crippen LogP contribution is 2.21. The molecule has 1 aromatic carbocycles. The van der Waals surface area contributed by atoms with Crippen molar-refractivity contribution in [2.75, 3.05) is 19.0 Å². The molecule has 1 unspecified atom stereocenters. The maximum absolute atomic E-state index is 12.3. The number of non-ortho nitro benzene ring substituents is 1. The minimum absolute atomic E-state index is 0.0586. The van der Waals surface area contributed by atoms with Crippen LogP contribution in [0.5, 0.6) is 0 Å². The summed E-state index contributed by atoms with van der Waals surface area (Å²) in [7, 11) is 0. The Labute approximate surface area is 116 Å². The summed E-state index contributed by atoms with van der Waals surface area (Å²) in [6, 6.07) is 5.86. The van der Waals surface area contributed by atoms with Gasteiger partial charge in [0.15, 0.2) is 0 Å². The van der Waals surface area contributed by atoms with Crippen LogP contribution in [0.1, 0.15) is 23.2 Å². The van der Waals surface area contributed by atoms with E-state index in [0.717, 1.165) is 12.8 Å². The van der Waals surface area contributed by atoms with Gasteiger partial charge in [-0.3, -0.25) is 14.9 Å². The second-order valence-corrected chi connectivity index (χ2v) is 5.03. The predicted octanol–water partition coefficient (Wildman–Crippen LogP) is 2.69. The van der Waals surface area contributed by atoms with Crippen LogP contribution in [-0.2, 0) is 0 Å². The molecule has 5 nitrogen and oxygen atoms in total. The molecular weight excluding hydrogens is 268 g/mol. The van der Waals surface area contributed by atoms with Crippen molar-refractivity contribution in [2.45, 2.75) is 12.8 Å². The van der Waals surface area contributed by atoms with E-state index in [1.165, 1.54) is 18.2 Å². The first kappa shape index (κ1) is 13.8. The lowest BCUT2D eigenvalue weighted by molar-refractivity contribution is -0.384. The number of carbonyl (C=O) groups is 1. The molecule has 1 atom stereocenters. The maximum atomic E-state index is 12.3. The molecule has 1 saturated heterocycles. The van der Waals surface area contributed by atoms with E-state index in [1.54, 1.807) is 11.0 Å². The topological polar surface area (TPSA) is 63.4 Å². The largest absolute Gasteiger partial charge is 0.338 e. The van der Waals surface area contributed by atoms with Gasteiger partial charge in [0.25, 0.3) is 11.6 Å². The zero-order chi connectivity index (χ0) is 13.8. The molecule has 0 N–H and O–H groups in total. The van der Waals surface area contributed by atoms with E-state index in [4.69, 9.17) is 11.6 Å². The molecule has 1 amide bonds. The van der Waals surface area contributed by atoms with E-state index in [-0.39, 0.29) is 11.6 Å². The lowest BCUT2D eigenvalue weighted by atomic mass is 9.99. The van der Waals surface area contributed by atoms with Crippen molar-refractivity contribution in [1.82, 2.24) is 4.90 Å². The summed E-state index contributed by atoms with van der Waals surface area (Å²) < 4.78 is 0. The number of nitro groups is 1. The molecule has 6 heteroatoms. The molecule has 0 aromatic heterocycles. The molecule has 2 rings (SSSR count). The van der Waals surface area contributed by atoms with E-state index >= 15 is 0 Å². The molecule has 0 saturated carbocycles. The third-order valence-electron chi connectivity index (χ3n) is 3.33. The van der Waals surface area contributed by atoms with Crippen LogP contribution in [0, 0.1) is 16.0 Å². The molecule has 0 spiro atoms. The Kier molecular flexibility index (Phi) is 4.37. The van der Waals surface area contributed by atoms with Gasteiger partial charge in [-0.05, 0) is 24.8 Å². The Balaban J connectivity index is 2.14. The molecule has 1 aliphatic rings. The van der Waals surface area contributed by atoms with E-state index in [0.29, 0.717) is 30.5 Å². The lowest BCUT2D eigenvalue weighted by Crippen LogP contribution is -2.40. The van der Waals surface area contributed by atoms with Crippen molar-refractivity contribution in [3.63, 3.8) is 0 Å². The van der Waals surface area contributed by atoms with Crippen LogP contribution in [0.2, 0.25) is 0 Å². The average molecular weight is 283 g/mol. The fourth-order valence-electron chi connectivity index (χ4n) is 2.31. The highest BCUT2D eigenvalue weighted by atomic mass is 35.5. The third kappa shape index (κ3) is 3.23. The van der Waals surface area contributed by atoms with Gasteiger partial charge in [0.1, 0.15) is 0 Å². The number of amides is 1. The van der Waals surface area contributed by atoms with Crippen LogP contribution in [0.3, 0.4) is 0 Å².